The van der Waals surface area contributed by atoms with Crippen molar-refractivity contribution in [3.8, 4) is 17.2 Å². The Kier molecular flexibility index (Phi) is 7.03. The standard InChI is InChI=1S/C27H30N2O4/c1-20-8-4-6-10-24(20)33-19-22-18-21(12-13-25(22)31-2)27(30)29-16-14-28(15-17-29)23-9-5-7-11-26(23)32-3/h4-13,18H,14-17,19H2,1-3H3. The van der Waals surface area contributed by atoms with Gasteiger partial charge in [0.1, 0.15) is 23.9 Å². The summed E-state index contributed by atoms with van der Waals surface area (Å²) in [7, 11) is 3.31. The van der Waals surface area contributed by atoms with Gasteiger partial charge in [0.25, 0.3) is 5.91 Å². The molecule has 0 radical (unpaired) electrons. The number of benzene rings is 3. The maximum atomic E-state index is 13.2. The van der Waals surface area contributed by atoms with Crippen molar-refractivity contribution >= 4 is 11.6 Å². The van der Waals surface area contributed by atoms with Gasteiger partial charge in [0.15, 0.2) is 0 Å². The second-order valence-electron chi connectivity index (χ2n) is 8.03. The largest absolute Gasteiger partial charge is 0.496 e. The van der Waals surface area contributed by atoms with Crippen molar-refractivity contribution in [2.24, 2.45) is 0 Å². The Morgan fingerprint density at radius 3 is 2.18 bits per heavy atom. The number of aryl methyl sites for hydroxylation is 1. The number of nitrogens with zero attached hydrogens (tertiary/aromatic N) is 2. The highest BCUT2D eigenvalue weighted by molar-refractivity contribution is 5.94. The molecule has 1 amide bonds. The lowest BCUT2D eigenvalue weighted by Crippen LogP contribution is -2.48. The molecule has 0 spiro atoms. The zero-order chi connectivity index (χ0) is 23.2. The summed E-state index contributed by atoms with van der Waals surface area (Å²) in [6, 6.07) is 21.4. The summed E-state index contributed by atoms with van der Waals surface area (Å²) < 4.78 is 17.0. The van der Waals surface area contributed by atoms with Crippen LogP contribution in [0.5, 0.6) is 17.2 Å². The third-order valence-electron chi connectivity index (χ3n) is 6.00. The van der Waals surface area contributed by atoms with Crippen LogP contribution in [0.3, 0.4) is 0 Å². The van der Waals surface area contributed by atoms with E-state index in [0.717, 1.165) is 41.4 Å². The van der Waals surface area contributed by atoms with E-state index in [4.69, 9.17) is 14.2 Å². The summed E-state index contributed by atoms with van der Waals surface area (Å²) in [4.78, 5) is 17.4. The molecule has 1 saturated heterocycles. The number of rotatable bonds is 7. The zero-order valence-electron chi connectivity index (χ0n) is 19.4. The van der Waals surface area contributed by atoms with Crippen molar-refractivity contribution in [3.63, 3.8) is 0 Å². The van der Waals surface area contributed by atoms with E-state index in [1.807, 2.05) is 72.5 Å². The minimum Gasteiger partial charge on any atom is -0.496 e. The molecule has 1 aliphatic rings. The fourth-order valence-electron chi connectivity index (χ4n) is 4.12. The van der Waals surface area contributed by atoms with E-state index in [9.17, 15) is 4.79 Å². The number of hydrogen-bond acceptors (Lipinski definition) is 5. The quantitative estimate of drug-likeness (QED) is 0.533. The zero-order valence-corrected chi connectivity index (χ0v) is 19.4. The lowest BCUT2D eigenvalue weighted by Gasteiger charge is -2.36. The summed E-state index contributed by atoms with van der Waals surface area (Å²) in [5, 5.41) is 0. The molecular formula is C27H30N2O4. The van der Waals surface area contributed by atoms with E-state index >= 15 is 0 Å². The number of piperazine rings is 1. The normalized spacial score (nSPS) is 13.5. The Labute approximate surface area is 195 Å². The monoisotopic (exact) mass is 446 g/mol. The van der Waals surface area contributed by atoms with Gasteiger partial charge in [-0.1, -0.05) is 30.3 Å². The molecule has 3 aromatic rings. The van der Waals surface area contributed by atoms with Crippen molar-refractivity contribution in [1.29, 1.82) is 0 Å². The summed E-state index contributed by atoms with van der Waals surface area (Å²) in [6.07, 6.45) is 0. The summed E-state index contributed by atoms with van der Waals surface area (Å²) in [5.74, 6) is 2.41. The molecule has 1 fully saturated rings. The summed E-state index contributed by atoms with van der Waals surface area (Å²) in [5.41, 5.74) is 3.62. The number of methoxy groups -OCH3 is 2. The Bertz CT molecular complexity index is 1110. The number of carbonyl (C=O) groups excluding carboxylic acids is 1. The van der Waals surface area contributed by atoms with Gasteiger partial charge < -0.3 is 24.0 Å². The molecule has 172 valence electrons. The molecule has 0 N–H and O–H groups in total. The van der Waals surface area contributed by atoms with Gasteiger partial charge in [-0.05, 0) is 48.9 Å². The highest BCUT2D eigenvalue weighted by Gasteiger charge is 2.24. The van der Waals surface area contributed by atoms with E-state index in [0.29, 0.717) is 31.0 Å². The first-order valence-electron chi connectivity index (χ1n) is 11.1. The molecule has 0 unspecified atom stereocenters. The van der Waals surface area contributed by atoms with Crippen LogP contribution in [0.2, 0.25) is 0 Å². The summed E-state index contributed by atoms with van der Waals surface area (Å²) in [6.45, 7) is 5.15. The Hall–Kier alpha value is -3.67. The second-order valence-corrected chi connectivity index (χ2v) is 8.03. The van der Waals surface area contributed by atoms with Crippen LogP contribution in [0, 0.1) is 6.92 Å². The van der Waals surface area contributed by atoms with Gasteiger partial charge in [-0.15, -0.1) is 0 Å². The van der Waals surface area contributed by atoms with Gasteiger partial charge in [0.05, 0.1) is 19.9 Å². The van der Waals surface area contributed by atoms with Gasteiger partial charge >= 0.3 is 0 Å². The topological polar surface area (TPSA) is 51.2 Å². The smallest absolute Gasteiger partial charge is 0.253 e. The number of anilines is 1. The van der Waals surface area contributed by atoms with Crippen molar-refractivity contribution < 1.29 is 19.0 Å². The van der Waals surface area contributed by atoms with E-state index in [2.05, 4.69) is 11.0 Å². The minimum absolute atomic E-state index is 0.0227. The molecule has 0 saturated carbocycles. The first-order chi connectivity index (χ1) is 16.1. The lowest BCUT2D eigenvalue weighted by molar-refractivity contribution is 0.0746. The van der Waals surface area contributed by atoms with E-state index in [-0.39, 0.29) is 5.91 Å². The second kappa shape index (κ2) is 10.3. The van der Waals surface area contributed by atoms with Gasteiger partial charge in [0.2, 0.25) is 0 Å². The molecule has 4 rings (SSSR count). The van der Waals surface area contributed by atoms with Crippen LogP contribution >= 0.6 is 0 Å². The summed E-state index contributed by atoms with van der Waals surface area (Å²) >= 11 is 0. The fourth-order valence-corrected chi connectivity index (χ4v) is 4.12. The van der Waals surface area contributed by atoms with Crippen molar-refractivity contribution in [3.05, 3.63) is 83.4 Å². The van der Waals surface area contributed by atoms with Crippen molar-refractivity contribution in [2.75, 3.05) is 45.3 Å². The third-order valence-corrected chi connectivity index (χ3v) is 6.00. The minimum atomic E-state index is 0.0227. The number of hydrogen-bond donors (Lipinski definition) is 0. The molecule has 3 aromatic carbocycles. The molecule has 6 heteroatoms. The van der Waals surface area contributed by atoms with Crippen LogP contribution in [0.1, 0.15) is 21.5 Å². The molecular weight excluding hydrogens is 416 g/mol. The first-order valence-corrected chi connectivity index (χ1v) is 11.1. The first kappa shape index (κ1) is 22.5. The van der Waals surface area contributed by atoms with Gasteiger partial charge in [-0.25, -0.2) is 0 Å². The fraction of sp³-hybridized carbons (Fsp3) is 0.296. The number of ether oxygens (including phenoxy) is 3. The molecule has 33 heavy (non-hydrogen) atoms. The molecule has 1 heterocycles. The van der Waals surface area contributed by atoms with Crippen LogP contribution in [0.15, 0.2) is 66.7 Å². The van der Waals surface area contributed by atoms with Gasteiger partial charge in [0, 0.05) is 37.3 Å². The highest BCUT2D eigenvalue weighted by atomic mass is 16.5. The van der Waals surface area contributed by atoms with Crippen LogP contribution in [0.25, 0.3) is 0 Å². The predicted molar refractivity (Wildman–Crippen MR) is 130 cm³/mol. The maximum absolute atomic E-state index is 13.2. The molecule has 0 atom stereocenters. The average molecular weight is 447 g/mol. The SMILES string of the molecule is COc1ccc(C(=O)N2CCN(c3ccccc3OC)CC2)cc1COc1ccccc1C. The average Bonchev–Trinajstić information content (AvgIpc) is 2.87. The molecule has 6 nitrogen and oxygen atoms in total. The highest BCUT2D eigenvalue weighted by Crippen LogP contribution is 2.29. The number of para-hydroxylation sites is 3. The molecule has 0 bridgehead atoms. The van der Waals surface area contributed by atoms with Crippen LogP contribution < -0.4 is 19.1 Å². The maximum Gasteiger partial charge on any atom is 0.253 e. The van der Waals surface area contributed by atoms with Gasteiger partial charge in [-0.3, -0.25) is 4.79 Å². The number of amides is 1. The van der Waals surface area contributed by atoms with Crippen LogP contribution in [-0.2, 0) is 6.61 Å². The van der Waals surface area contributed by atoms with E-state index in [1.165, 1.54) is 0 Å². The van der Waals surface area contributed by atoms with Gasteiger partial charge in [-0.2, -0.15) is 0 Å². The Balaban J connectivity index is 1.44. The lowest BCUT2D eigenvalue weighted by atomic mass is 10.1. The predicted octanol–water partition coefficient (Wildman–Crippen LogP) is 4.55. The Morgan fingerprint density at radius 1 is 0.818 bits per heavy atom. The number of carbonyl (C=O) groups is 1. The molecule has 0 aliphatic carbocycles. The van der Waals surface area contributed by atoms with E-state index < -0.39 is 0 Å². The molecule has 1 aliphatic heterocycles. The van der Waals surface area contributed by atoms with Crippen LogP contribution in [0.4, 0.5) is 5.69 Å². The van der Waals surface area contributed by atoms with Crippen molar-refractivity contribution in [1.82, 2.24) is 4.90 Å². The molecule has 0 aromatic heterocycles. The van der Waals surface area contributed by atoms with E-state index in [1.54, 1.807) is 14.2 Å². The van der Waals surface area contributed by atoms with Crippen molar-refractivity contribution in [2.45, 2.75) is 13.5 Å². The van der Waals surface area contributed by atoms with Crippen LogP contribution in [-0.4, -0.2) is 51.2 Å². The third kappa shape index (κ3) is 5.06. The Morgan fingerprint density at radius 2 is 1.48 bits per heavy atom.